The summed E-state index contributed by atoms with van der Waals surface area (Å²) in [5.74, 6) is 1.25. The molecule has 114 valence electrons. The Labute approximate surface area is 122 Å². The van der Waals surface area contributed by atoms with Gasteiger partial charge in [-0.15, -0.1) is 0 Å². The first-order chi connectivity index (χ1) is 9.74. The van der Waals surface area contributed by atoms with Gasteiger partial charge in [0.2, 0.25) is 5.91 Å². The maximum absolute atomic E-state index is 11.8. The van der Waals surface area contributed by atoms with Gasteiger partial charge in [-0.2, -0.15) is 0 Å². The van der Waals surface area contributed by atoms with E-state index in [0.717, 1.165) is 51.3 Å². The molecule has 2 fully saturated rings. The average Bonchev–Trinajstić information content (AvgIpc) is 3.15. The van der Waals surface area contributed by atoms with E-state index in [-0.39, 0.29) is 0 Å². The molecular weight excluding hydrogens is 252 g/mol. The first-order valence-electron chi connectivity index (χ1n) is 8.08. The molecule has 1 atom stereocenters. The molecule has 0 bridgehead atoms. The zero-order valence-electron chi connectivity index (χ0n) is 12.8. The Kier molecular flexibility index (Phi) is 5.68. The van der Waals surface area contributed by atoms with Gasteiger partial charge in [0.05, 0.1) is 0 Å². The van der Waals surface area contributed by atoms with Gasteiger partial charge in [-0.1, -0.05) is 6.92 Å². The highest BCUT2D eigenvalue weighted by atomic mass is 16.2. The van der Waals surface area contributed by atoms with Gasteiger partial charge in [-0.05, 0) is 39.0 Å². The second kappa shape index (κ2) is 7.50. The van der Waals surface area contributed by atoms with Crippen LogP contribution in [0.25, 0.3) is 0 Å². The number of hydrogen-bond acceptors (Lipinski definition) is 2. The molecule has 1 heterocycles. The smallest absolute Gasteiger partial charge is 0.222 e. The molecule has 1 unspecified atom stereocenters. The fourth-order valence-corrected chi connectivity index (χ4v) is 2.70. The van der Waals surface area contributed by atoms with Gasteiger partial charge in [0.1, 0.15) is 0 Å². The number of carbonyl (C=O) groups excluding carboxylic acids is 1. The summed E-state index contributed by atoms with van der Waals surface area (Å²) in [6.45, 7) is 6.85. The Hall–Kier alpha value is -1.26. The lowest BCUT2D eigenvalue weighted by atomic mass is 10.1. The predicted octanol–water partition coefficient (Wildman–Crippen LogP) is 1.49. The highest BCUT2D eigenvalue weighted by Gasteiger charge is 2.26. The first kappa shape index (κ1) is 15.1. The molecule has 2 aliphatic rings. The zero-order chi connectivity index (χ0) is 14.4. The van der Waals surface area contributed by atoms with Crippen molar-refractivity contribution in [3.63, 3.8) is 0 Å². The number of aliphatic imine (C=N–C) groups is 1. The second-order valence-corrected chi connectivity index (χ2v) is 5.72. The summed E-state index contributed by atoms with van der Waals surface area (Å²) in [6.07, 6.45) is 6.24. The van der Waals surface area contributed by atoms with Crippen LogP contribution >= 0.6 is 0 Å². The van der Waals surface area contributed by atoms with Crippen molar-refractivity contribution in [2.45, 2.75) is 64.5 Å². The maximum Gasteiger partial charge on any atom is 0.222 e. The summed E-state index contributed by atoms with van der Waals surface area (Å²) in [5, 5.41) is 6.70. The summed E-state index contributed by atoms with van der Waals surface area (Å²) in [7, 11) is 0. The molecule has 2 rings (SSSR count). The van der Waals surface area contributed by atoms with Gasteiger partial charge in [-0.3, -0.25) is 9.79 Å². The molecule has 0 radical (unpaired) electrons. The highest BCUT2D eigenvalue weighted by molar-refractivity contribution is 5.80. The van der Waals surface area contributed by atoms with Crippen molar-refractivity contribution in [1.29, 1.82) is 0 Å². The van der Waals surface area contributed by atoms with Crippen molar-refractivity contribution in [3.05, 3.63) is 0 Å². The molecule has 5 nitrogen and oxygen atoms in total. The number of nitrogens with zero attached hydrogens (tertiary/aromatic N) is 2. The molecule has 0 aromatic heterocycles. The Bertz CT molecular complexity index is 352. The van der Waals surface area contributed by atoms with Crippen LogP contribution in [0.15, 0.2) is 4.99 Å². The van der Waals surface area contributed by atoms with Crippen LogP contribution in [0.3, 0.4) is 0 Å². The summed E-state index contributed by atoms with van der Waals surface area (Å²) >= 11 is 0. The monoisotopic (exact) mass is 280 g/mol. The van der Waals surface area contributed by atoms with E-state index < -0.39 is 0 Å². The van der Waals surface area contributed by atoms with E-state index in [1.165, 1.54) is 12.8 Å². The van der Waals surface area contributed by atoms with Crippen molar-refractivity contribution in [2.24, 2.45) is 4.99 Å². The van der Waals surface area contributed by atoms with Gasteiger partial charge >= 0.3 is 0 Å². The van der Waals surface area contributed by atoms with Gasteiger partial charge in [0.25, 0.3) is 0 Å². The van der Waals surface area contributed by atoms with Crippen molar-refractivity contribution in [2.75, 3.05) is 19.6 Å². The average molecular weight is 280 g/mol. The Morgan fingerprint density at radius 2 is 2.25 bits per heavy atom. The molecule has 2 N–H and O–H groups in total. The standard InChI is InChI=1S/C15H28N4O/c1-3-13(19-11-5-6-14(19)20)9-10-17-15(16-4-2)18-12-7-8-12/h12-13H,3-11H2,1-2H3,(H2,16,17,18). The summed E-state index contributed by atoms with van der Waals surface area (Å²) < 4.78 is 0. The van der Waals surface area contributed by atoms with Crippen LogP contribution in [0.4, 0.5) is 0 Å². The first-order valence-corrected chi connectivity index (χ1v) is 8.08. The SMILES string of the molecule is CCNC(=NCCC(CC)N1CCCC1=O)NC1CC1. The van der Waals surface area contributed by atoms with Crippen molar-refractivity contribution in [1.82, 2.24) is 15.5 Å². The van der Waals surface area contributed by atoms with Gasteiger partial charge in [0.15, 0.2) is 5.96 Å². The third kappa shape index (κ3) is 4.39. The molecular formula is C15H28N4O. The minimum Gasteiger partial charge on any atom is -0.357 e. The van der Waals surface area contributed by atoms with E-state index in [2.05, 4.69) is 34.4 Å². The molecule has 0 aromatic rings. The molecule has 5 heteroatoms. The topological polar surface area (TPSA) is 56.7 Å². The van der Waals surface area contributed by atoms with Crippen LogP contribution < -0.4 is 10.6 Å². The molecule has 1 saturated carbocycles. The molecule has 1 aliphatic carbocycles. The van der Waals surface area contributed by atoms with E-state index in [0.29, 0.717) is 18.0 Å². The van der Waals surface area contributed by atoms with Gasteiger partial charge < -0.3 is 15.5 Å². The van der Waals surface area contributed by atoms with Crippen molar-refractivity contribution < 1.29 is 4.79 Å². The minimum atomic E-state index is 0.323. The van der Waals surface area contributed by atoms with Gasteiger partial charge in [-0.25, -0.2) is 0 Å². The second-order valence-electron chi connectivity index (χ2n) is 5.72. The highest BCUT2D eigenvalue weighted by Crippen LogP contribution is 2.19. The van der Waals surface area contributed by atoms with Crippen LogP contribution in [0, 0.1) is 0 Å². The number of rotatable bonds is 7. The van der Waals surface area contributed by atoms with Crippen LogP contribution in [0.1, 0.15) is 52.4 Å². The number of amides is 1. The lowest BCUT2D eigenvalue weighted by Crippen LogP contribution is -2.39. The minimum absolute atomic E-state index is 0.323. The number of hydrogen-bond donors (Lipinski definition) is 2. The van der Waals surface area contributed by atoms with E-state index >= 15 is 0 Å². The number of carbonyl (C=O) groups is 1. The summed E-state index contributed by atoms with van der Waals surface area (Å²) in [4.78, 5) is 18.5. The fourth-order valence-electron chi connectivity index (χ4n) is 2.70. The number of likely N-dealkylation sites (tertiary alicyclic amines) is 1. The third-order valence-electron chi connectivity index (χ3n) is 4.02. The summed E-state index contributed by atoms with van der Waals surface area (Å²) in [6, 6.07) is 0.979. The molecule has 1 amide bonds. The van der Waals surface area contributed by atoms with E-state index in [9.17, 15) is 4.79 Å². The molecule has 1 saturated heterocycles. The molecule has 1 aliphatic heterocycles. The van der Waals surface area contributed by atoms with Crippen LogP contribution in [0.2, 0.25) is 0 Å². The molecule has 0 aromatic carbocycles. The van der Waals surface area contributed by atoms with E-state index in [1.54, 1.807) is 0 Å². The Balaban J connectivity index is 1.79. The lowest BCUT2D eigenvalue weighted by molar-refractivity contribution is -0.129. The molecule has 0 spiro atoms. The van der Waals surface area contributed by atoms with Crippen LogP contribution in [-0.2, 0) is 4.79 Å². The predicted molar refractivity (Wildman–Crippen MR) is 81.8 cm³/mol. The van der Waals surface area contributed by atoms with Crippen molar-refractivity contribution >= 4 is 11.9 Å². The summed E-state index contributed by atoms with van der Waals surface area (Å²) in [5.41, 5.74) is 0. The van der Waals surface area contributed by atoms with Gasteiger partial charge in [0, 0.05) is 38.1 Å². The number of guanidine groups is 1. The van der Waals surface area contributed by atoms with Crippen LogP contribution in [0.5, 0.6) is 0 Å². The van der Waals surface area contributed by atoms with E-state index in [1.807, 2.05) is 0 Å². The van der Waals surface area contributed by atoms with E-state index in [4.69, 9.17) is 0 Å². The number of nitrogens with one attached hydrogen (secondary N) is 2. The normalized spacial score (nSPS) is 21.2. The molecule has 20 heavy (non-hydrogen) atoms. The van der Waals surface area contributed by atoms with Crippen molar-refractivity contribution in [3.8, 4) is 0 Å². The lowest BCUT2D eigenvalue weighted by Gasteiger charge is -2.26. The maximum atomic E-state index is 11.8. The third-order valence-corrected chi connectivity index (χ3v) is 4.02. The Morgan fingerprint density at radius 1 is 1.45 bits per heavy atom. The quantitative estimate of drug-likeness (QED) is 0.549. The fraction of sp³-hybridized carbons (Fsp3) is 0.867. The largest absolute Gasteiger partial charge is 0.357 e. The zero-order valence-corrected chi connectivity index (χ0v) is 12.8. The Morgan fingerprint density at radius 3 is 2.80 bits per heavy atom. The van der Waals surface area contributed by atoms with Crippen LogP contribution in [-0.4, -0.2) is 48.5 Å².